The van der Waals surface area contributed by atoms with Crippen LogP contribution >= 0.6 is 11.3 Å². The van der Waals surface area contributed by atoms with Crippen LogP contribution in [0.4, 0.5) is 9.39 Å². The number of halogens is 1. The first-order valence-corrected chi connectivity index (χ1v) is 10.9. The van der Waals surface area contributed by atoms with Gasteiger partial charge in [0.2, 0.25) is 0 Å². The Hall–Kier alpha value is -4.55. The van der Waals surface area contributed by atoms with E-state index >= 15 is 0 Å². The third-order valence-electron chi connectivity index (χ3n) is 4.66. The van der Waals surface area contributed by atoms with Gasteiger partial charge in [-0.05, 0) is 53.9 Å². The Balaban J connectivity index is 1.48. The summed E-state index contributed by atoms with van der Waals surface area (Å²) in [5, 5.41) is 18.2. The van der Waals surface area contributed by atoms with E-state index in [1.54, 1.807) is 34.5 Å². The van der Waals surface area contributed by atoms with Crippen molar-refractivity contribution in [2.45, 2.75) is 0 Å². The van der Waals surface area contributed by atoms with Gasteiger partial charge in [0, 0.05) is 23.4 Å². The van der Waals surface area contributed by atoms with E-state index < -0.39 is 18.5 Å². The summed E-state index contributed by atoms with van der Waals surface area (Å²) in [5.74, 6) is -1.64. The highest BCUT2D eigenvalue weighted by molar-refractivity contribution is 7.14. The molecule has 0 aliphatic rings. The molecule has 7 nitrogen and oxygen atoms in total. The Bertz CT molecular complexity index is 1390. The largest absolute Gasteiger partial charge is 0.452 e. The number of esters is 1. The molecule has 0 saturated carbocycles. The van der Waals surface area contributed by atoms with E-state index in [1.807, 2.05) is 36.4 Å². The van der Waals surface area contributed by atoms with Crippen LogP contribution in [0.25, 0.3) is 23.0 Å². The van der Waals surface area contributed by atoms with Gasteiger partial charge in [-0.2, -0.15) is 10.4 Å². The van der Waals surface area contributed by atoms with Crippen LogP contribution in [0.1, 0.15) is 11.1 Å². The highest BCUT2D eigenvalue weighted by Gasteiger charge is 2.13. The average Bonchev–Trinajstić information content (AvgIpc) is 3.49. The number of aromatic nitrogens is 2. The molecule has 0 aliphatic carbocycles. The van der Waals surface area contributed by atoms with E-state index in [1.165, 1.54) is 35.6 Å². The fraction of sp³-hybridized carbons (Fsp3) is 0.0400. The third-order valence-corrected chi connectivity index (χ3v) is 5.49. The lowest BCUT2D eigenvalue weighted by molar-refractivity contribution is -0.142. The first-order valence-electron chi connectivity index (χ1n) is 10.1. The second-order valence-corrected chi connectivity index (χ2v) is 7.90. The summed E-state index contributed by atoms with van der Waals surface area (Å²) < 4.78 is 20.1. The number of nitriles is 1. The molecule has 0 bridgehead atoms. The molecule has 2 aromatic heterocycles. The van der Waals surface area contributed by atoms with Crippen LogP contribution in [-0.2, 0) is 14.3 Å². The molecule has 1 N–H and O–H groups in total. The molecule has 0 unspecified atom stereocenters. The van der Waals surface area contributed by atoms with Crippen molar-refractivity contribution in [2.24, 2.45) is 0 Å². The predicted octanol–water partition coefficient (Wildman–Crippen LogP) is 4.81. The number of nitrogens with zero attached hydrogens (tertiary/aromatic N) is 3. The van der Waals surface area contributed by atoms with Crippen molar-refractivity contribution in [3.05, 3.63) is 95.3 Å². The lowest BCUT2D eigenvalue weighted by Gasteiger charge is -2.03. The molecular formula is C25H17FN4O3S. The van der Waals surface area contributed by atoms with Crippen LogP contribution in [-0.4, -0.2) is 28.3 Å². The van der Waals surface area contributed by atoms with Crippen molar-refractivity contribution in [3.8, 4) is 23.0 Å². The highest BCUT2D eigenvalue weighted by atomic mass is 32.1. The van der Waals surface area contributed by atoms with Gasteiger partial charge in [0.05, 0.1) is 16.9 Å². The topological polar surface area (TPSA) is 97.0 Å². The number of para-hydroxylation sites is 1. The lowest BCUT2D eigenvalue weighted by atomic mass is 10.1. The summed E-state index contributed by atoms with van der Waals surface area (Å²) in [4.78, 5) is 24.2. The number of thiophene rings is 1. The normalized spacial score (nSPS) is 10.7. The minimum absolute atomic E-state index is 0.341. The number of carbonyl (C=O) groups excluding carboxylic acids is 2. The number of ether oxygens (including phenoxy) is 1. The van der Waals surface area contributed by atoms with Crippen LogP contribution in [0.15, 0.2) is 78.3 Å². The number of amides is 1. The number of rotatable bonds is 7. The maximum Gasteiger partial charge on any atom is 0.331 e. The average molecular weight is 473 g/mol. The fourth-order valence-electron chi connectivity index (χ4n) is 3.05. The summed E-state index contributed by atoms with van der Waals surface area (Å²) in [7, 11) is 0. The number of carbonyl (C=O) groups is 2. The van der Waals surface area contributed by atoms with Crippen molar-refractivity contribution in [3.63, 3.8) is 0 Å². The minimum Gasteiger partial charge on any atom is -0.452 e. The molecule has 2 aromatic carbocycles. The quantitative estimate of drug-likeness (QED) is 0.308. The first-order chi connectivity index (χ1) is 16.5. The highest BCUT2D eigenvalue weighted by Crippen LogP contribution is 2.25. The molecule has 4 rings (SSSR count). The Morgan fingerprint density at radius 1 is 1.15 bits per heavy atom. The second-order valence-electron chi connectivity index (χ2n) is 6.98. The summed E-state index contributed by atoms with van der Waals surface area (Å²) in [6, 6.07) is 18.8. The van der Waals surface area contributed by atoms with Crippen LogP contribution < -0.4 is 5.32 Å². The number of benzene rings is 2. The Kier molecular flexibility index (Phi) is 6.91. The molecule has 0 saturated heterocycles. The van der Waals surface area contributed by atoms with Gasteiger partial charge in [0.1, 0.15) is 16.9 Å². The zero-order chi connectivity index (χ0) is 23.9. The van der Waals surface area contributed by atoms with Crippen LogP contribution in [0, 0.1) is 17.1 Å². The van der Waals surface area contributed by atoms with Crippen molar-refractivity contribution >= 4 is 34.3 Å². The van der Waals surface area contributed by atoms with E-state index in [4.69, 9.17) is 10.00 Å². The van der Waals surface area contributed by atoms with Crippen LogP contribution in [0.2, 0.25) is 0 Å². The maximum absolute atomic E-state index is 13.4. The fourth-order valence-corrected chi connectivity index (χ4v) is 3.81. The number of nitrogens with one attached hydrogen (secondary N) is 1. The van der Waals surface area contributed by atoms with E-state index in [9.17, 15) is 14.0 Å². The molecule has 9 heteroatoms. The predicted molar refractivity (Wildman–Crippen MR) is 127 cm³/mol. The minimum atomic E-state index is -0.723. The zero-order valence-corrected chi connectivity index (χ0v) is 18.5. The van der Waals surface area contributed by atoms with Gasteiger partial charge < -0.3 is 10.1 Å². The molecular weight excluding hydrogens is 455 g/mol. The molecule has 0 atom stereocenters. The summed E-state index contributed by atoms with van der Waals surface area (Å²) in [6.07, 6.45) is 4.46. The van der Waals surface area contributed by atoms with Crippen molar-refractivity contribution in [1.82, 2.24) is 9.78 Å². The molecule has 1 amide bonds. The Morgan fingerprint density at radius 2 is 1.91 bits per heavy atom. The van der Waals surface area contributed by atoms with Gasteiger partial charge in [-0.1, -0.05) is 18.2 Å². The standard InChI is InChI=1S/C25H17FN4O3S/c26-20-9-6-17(7-10-20)24-19(15-30(29-24)21-4-2-1-3-5-21)8-11-23(32)33-16-22(31)28-25-18(14-27)12-13-34-25/h1-13,15H,16H2,(H,28,31)/b11-8+. The second kappa shape index (κ2) is 10.4. The maximum atomic E-state index is 13.4. The van der Waals surface area contributed by atoms with Gasteiger partial charge in [0.25, 0.3) is 5.91 Å². The van der Waals surface area contributed by atoms with Gasteiger partial charge >= 0.3 is 5.97 Å². The lowest BCUT2D eigenvalue weighted by Crippen LogP contribution is -2.20. The molecule has 2 heterocycles. The van der Waals surface area contributed by atoms with Gasteiger partial charge in [-0.3, -0.25) is 4.79 Å². The van der Waals surface area contributed by atoms with Crippen molar-refractivity contribution in [2.75, 3.05) is 11.9 Å². The zero-order valence-electron chi connectivity index (χ0n) is 17.6. The van der Waals surface area contributed by atoms with Crippen LogP contribution in [0.3, 0.4) is 0 Å². The molecule has 0 fully saturated rings. The molecule has 0 radical (unpaired) electrons. The molecule has 0 aliphatic heterocycles. The van der Waals surface area contributed by atoms with E-state index in [0.29, 0.717) is 27.4 Å². The number of hydrogen-bond donors (Lipinski definition) is 1. The van der Waals surface area contributed by atoms with Crippen LogP contribution in [0.5, 0.6) is 0 Å². The SMILES string of the molecule is N#Cc1ccsc1NC(=O)COC(=O)/C=C/c1cn(-c2ccccc2)nc1-c1ccc(F)cc1. The number of hydrogen-bond acceptors (Lipinski definition) is 6. The summed E-state index contributed by atoms with van der Waals surface area (Å²) >= 11 is 1.20. The van der Waals surface area contributed by atoms with Gasteiger partial charge in [0.15, 0.2) is 6.61 Å². The Morgan fingerprint density at radius 3 is 2.65 bits per heavy atom. The summed E-state index contributed by atoms with van der Waals surface area (Å²) in [5.41, 5.74) is 2.98. The van der Waals surface area contributed by atoms with Gasteiger partial charge in [-0.15, -0.1) is 11.3 Å². The van der Waals surface area contributed by atoms with Crippen molar-refractivity contribution < 1.29 is 18.7 Å². The third kappa shape index (κ3) is 5.43. The van der Waals surface area contributed by atoms with E-state index in [-0.39, 0.29) is 5.82 Å². The Labute approximate surface area is 198 Å². The molecule has 168 valence electrons. The molecule has 0 spiro atoms. The first kappa shape index (κ1) is 22.6. The molecule has 34 heavy (non-hydrogen) atoms. The number of anilines is 1. The van der Waals surface area contributed by atoms with E-state index in [2.05, 4.69) is 10.4 Å². The smallest absolute Gasteiger partial charge is 0.331 e. The summed E-state index contributed by atoms with van der Waals surface area (Å²) in [6.45, 7) is -0.500. The molecule has 4 aromatic rings. The van der Waals surface area contributed by atoms with E-state index in [0.717, 1.165) is 5.69 Å². The van der Waals surface area contributed by atoms with Gasteiger partial charge in [-0.25, -0.2) is 13.9 Å². The monoisotopic (exact) mass is 472 g/mol. The van der Waals surface area contributed by atoms with Crippen molar-refractivity contribution in [1.29, 1.82) is 5.26 Å².